The Morgan fingerprint density at radius 2 is 1.77 bits per heavy atom. The van der Waals surface area contributed by atoms with Crippen LogP contribution >= 0.6 is 0 Å². The quantitative estimate of drug-likeness (QED) is 0.578. The van der Waals surface area contributed by atoms with E-state index in [1.54, 1.807) is 19.2 Å². The predicted octanol–water partition coefficient (Wildman–Crippen LogP) is 0.166. The molecular weight excluding hydrogens is 404 g/mol. The lowest BCUT2D eigenvalue weighted by Crippen LogP contribution is -2.52. The van der Waals surface area contributed by atoms with Crippen LogP contribution < -0.4 is 15.8 Å². The molecule has 8 nitrogen and oxygen atoms in total. The van der Waals surface area contributed by atoms with E-state index in [4.69, 9.17) is 5.14 Å². The average Bonchev–Trinajstić information content (AvgIpc) is 2.72. The van der Waals surface area contributed by atoms with Crippen LogP contribution in [0.4, 0.5) is 0 Å². The highest BCUT2D eigenvalue weighted by atomic mass is 32.2. The van der Waals surface area contributed by atoms with Crippen LogP contribution in [0, 0.1) is 0 Å². The molecule has 9 heteroatoms. The van der Waals surface area contributed by atoms with Crippen LogP contribution in [0.3, 0.4) is 0 Å². The number of carbonyl (C=O) groups excluding carboxylic acids is 2. The number of hydrogen-bond donors (Lipinski definition) is 3. The van der Waals surface area contributed by atoms with Crippen molar-refractivity contribution >= 4 is 21.8 Å². The minimum atomic E-state index is -3.71. The fourth-order valence-corrected chi connectivity index (χ4v) is 4.12. The monoisotopic (exact) mass is 430 g/mol. The van der Waals surface area contributed by atoms with Crippen molar-refractivity contribution in [2.24, 2.45) is 5.14 Å². The summed E-state index contributed by atoms with van der Waals surface area (Å²) in [6, 6.07) is 13.8. The Morgan fingerprint density at radius 3 is 2.40 bits per heavy atom. The van der Waals surface area contributed by atoms with Crippen LogP contribution in [0.15, 0.2) is 53.4 Å². The van der Waals surface area contributed by atoms with Gasteiger partial charge in [0.1, 0.15) is 0 Å². The highest BCUT2D eigenvalue weighted by Crippen LogP contribution is 2.23. The normalized spacial score (nSPS) is 16.5. The van der Waals surface area contributed by atoms with E-state index in [0.717, 1.165) is 16.7 Å². The largest absolute Gasteiger partial charge is 0.358 e. The first kappa shape index (κ1) is 21.9. The van der Waals surface area contributed by atoms with Gasteiger partial charge in [0, 0.05) is 20.1 Å². The summed E-state index contributed by atoms with van der Waals surface area (Å²) in [5, 5.41) is 10.6. The number of sulfonamides is 1. The number of nitrogens with one attached hydrogen (secondary N) is 2. The average molecular weight is 431 g/mol. The Kier molecular flexibility index (Phi) is 6.86. The predicted molar refractivity (Wildman–Crippen MR) is 113 cm³/mol. The first-order valence-corrected chi connectivity index (χ1v) is 11.2. The lowest BCUT2D eigenvalue weighted by Gasteiger charge is -2.35. The highest BCUT2D eigenvalue weighted by molar-refractivity contribution is 7.89. The topological polar surface area (TPSA) is 122 Å². The van der Waals surface area contributed by atoms with Gasteiger partial charge in [0.05, 0.1) is 17.5 Å². The van der Waals surface area contributed by atoms with Crippen LogP contribution in [-0.4, -0.2) is 51.3 Å². The van der Waals surface area contributed by atoms with E-state index in [0.29, 0.717) is 25.9 Å². The smallest absolute Gasteiger partial charge is 0.238 e. The summed E-state index contributed by atoms with van der Waals surface area (Å²) in [5.41, 5.74) is 3.14. The maximum Gasteiger partial charge on any atom is 0.238 e. The number of nitrogens with two attached hydrogens (primary N) is 1. The molecule has 160 valence electrons. The van der Waals surface area contributed by atoms with Crippen LogP contribution in [0.1, 0.15) is 16.7 Å². The molecule has 0 saturated carbocycles. The van der Waals surface area contributed by atoms with Crippen molar-refractivity contribution in [3.8, 4) is 0 Å². The van der Waals surface area contributed by atoms with E-state index < -0.39 is 10.0 Å². The van der Waals surface area contributed by atoms with Gasteiger partial charge in [-0.15, -0.1) is 0 Å². The van der Waals surface area contributed by atoms with E-state index in [-0.39, 0.29) is 29.3 Å². The van der Waals surface area contributed by atoms with Crippen molar-refractivity contribution in [3.05, 3.63) is 65.2 Å². The molecule has 30 heavy (non-hydrogen) atoms. The molecule has 0 spiro atoms. The van der Waals surface area contributed by atoms with Gasteiger partial charge in [-0.1, -0.05) is 36.4 Å². The standard InChI is InChI=1S/C21H26N4O4S/c1-23-21(27)19-12-16-4-2-3-5-17(16)13-25(19)14-20(26)24-11-10-15-6-8-18(9-7-15)30(22,28)29/h2-9,19H,10-14H2,1H3,(H,23,27)(H,24,26)(H2,22,28,29)/t19-/m1/s1. The Morgan fingerprint density at radius 1 is 1.10 bits per heavy atom. The molecule has 0 radical (unpaired) electrons. The summed E-state index contributed by atoms with van der Waals surface area (Å²) >= 11 is 0. The van der Waals surface area contributed by atoms with E-state index in [1.807, 2.05) is 29.2 Å². The van der Waals surface area contributed by atoms with Crippen LogP contribution in [-0.2, 0) is 39.0 Å². The molecule has 0 bridgehead atoms. The van der Waals surface area contributed by atoms with Gasteiger partial charge in [0.15, 0.2) is 0 Å². The third-order valence-electron chi connectivity index (χ3n) is 5.23. The molecule has 0 aliphatic carbocycles. The zero-order chi connectivity index (χ0) is 21.7. The summed E-state index contributed by atoms with van der Waals surface area (Å²) in [5.74, 6) is -0.267. The highest BCUT2D eigenvalue weighted by Gasteiger charge is 2.31. The third-order valence-corrected chi connectivity index (χ3v) is 6.16. The van der Waals surface area contributed by atoms with Crippen molar-refractivity contribution in [2.45, 2.75) is 30.3 Å². The molecule has 0 fully saturated rings. The first-order valence-electron chi connectivity index (χ1n) is 9.69. The summed E-state index contributed by atoms with van der Waals surface area (Å²) in [6.07, 6.45) is 1.12. The van der Waals surface area contributed by atoms with Crippen LogP contribution in [0.25, 0.3) is 0 Å². The number of rotatable bonds is 7. The van der Waals surface area contributed by atoms with Gasteiger partial charge < -0.3 is 10.6 Å². The molecule has 4 N–H and O–H groups in total. The van der Waals surface area contributed by atoms with Gasteiger partial charge >= 0.3 is 0 Å². The Balaban J connectivity index is 1.56. The van der Waals surface area contributed by atoms with E-state index in [1.165, 1.54) is 12.1 Å². The minimum absolute atomic E-state index is 0.0564. The van der Waals surface area contributed by atoms with Crippen molar-refractivity contribution in [2.75, 3.05) is 20.1 Å². The minimum Gasteiger partial charge on any atom is -0.358 e. The number of nitrogens with zero attached hydrogens (tertiary/aromatic N) is 1. The second kappa shape index (κ2) is 9.38. The number of amides is 2. The summed E-state index contributed by atoms with van der Waals surface area (Å²) in [6.45, 7) is 1.07. The summed E-state index contributed by atoms with van der Waals surface area (Å²) in [7, 11) is -2.11. The van der Waals surface area contributed by atoms with Crippen molar-refractivity contribution in [1.29, 1.82) is 0 Å². The Bertz CT molecular complexity index is 1020. The Hall–Kier alpha value is -2.75. The van der Waals surface area contributed by atoms with Gasteiger partial charge in [-0.05, 0) is 41.7 Å². The fourth-order valence-electron chi connectivity index (χ4n) is 3.60. The number of fused-ring (bicyclic) bond motifs is 1. The lowest BCUT2D eigenvalue weighted by molar-refractivity contribution is -0.129. The number of carbonyl (C=O) groups is 2. The molecule has 0 unspecified atom stereocenters. The molecule has 0 saturated heterocycles. The Labute approximate surface area is 176 Å². The molecule has 1 atom stereocenters. The first-order chi connectivity index (χ1) is 14.3. The maximum atomic E-state index is 12.5. The number of likely N-dealkylation sites (N-methyl/N-ethyl adjacent to an activating group) is 1. The van der Waals surface area contributed by atoms with E-state index >= 15 is 0 Å². The second-order valence-corrected chi connectivity index (χ2v) is 8.86. The molecule has 2 amide bonds. The number of primary sulfonamides is 1. The second-order valence-electron chi connectivity index (χ2n) is 7.30. The van der Waals surface area contributed by atoms with Crippen molar-refractivity contribution < 1.29 is 18.0 Å². The van der Waals surface area contributed by atoms with Crippen molar-refractivity contribution in [3.63, 3.8) is 0 Å². The lowest BCUT2D eigenvalue weighted by atomic mass is 9.93. The van der Waals surface area contributed by atoms with E-state index in [9.17, 15) is 18.0 Å². The van der Waals surface area contributed by atoms with Gasteiger partial charge in [-0.2, -0.15) is 0 Å². The molecule has 2 aromatic rings. The number of hydrogen-bond acceptors (Lipinski definition) is 5. The molecule has 1 heterocycles. The fraction of sp³-hybridized carbons (Fsp3) is 0.333. The molecule has 1 aliphatic heterocycles. The van der Waals surface area contributed by atoms with Gasteiger partial charge in [-0.3, -0.25) is 14.5 Å². The van der Waals surface area contributed by atoms with Gasteiger partial charge in [-0.25, -0.2) is 13.6 Å². The SMILES string of the molecule is CNC(=O)[C@H]1Cc2ccccc2CN1CC(=O)NCCc1ccc(S(N)(=O)=O)cc1. The molecule has 3 rings (SSSR count). The number of benzene rings is 2. The van der Waals surface area contributed by atoms with Gasteiger partial charge in [0.25, 0.3) is 0 Å². The summed E-state index contributed by atoms with van der Waals surface area (Å²) < 4.78 is 22.6. The van der Waals surface area contributed by atoms with Crippen LogP contribution in [0.5, 0.6) is 0 Å². The zero-order valence-corrected chi connectivity index (χ0v) is 17.6. The molecule has 0 aromatic heterocycles. The van der Waals surface area contributed by atoms with Gasteiger partial charge in [0.2, 0.25) is 21.8 Å². The van der Waals surface area contributed by atoms with Crippen molar-refractivity contribution in [1.82, 2.24) is 15.5 Å². The molecule has 2 aromatic carbocycles. The summed E-state index contributed by atoms with van der Waals surface area (Å²) in [4.78, 5) is 26.7. The zero-order valence-electron chi connectivity index (χ0n) is 16.8. The third kappa shape index (κ3) is 5.44. The molecular formula is C21H26N4O4S. The van der Waals surface area contributed by atoms with E-state index in [2.05, 4.69) is 10.6 Å². The maximum absolute atomic E-state index is 12.5. The van der Waals surface area contributed by atoms with Crippen LogP contribution in [0.2, 0.25) is 0 Å². The molecule has 1 aliphatic rings.